The SMILES string of the molecule is CCOC(=O)C1(C2Cc3c(C(=O)NCC(=O)OC)cccc3C2=O)N=CC=N1. The number of aliphatic imine (C=N–C) groups is 2. The molecule has 1 heterocycles. The zero-order valence-corrected chi connectivity index (χ0v) is 15.4. The summed E-state index contributed by atoms with van der Waals surface area (Å²) in [7, 11) is 1.22. The fourth-order valence-electron chi connectivity index (χ4n) is 3.37. The highest BCUT2D eigenvalue weighted by atomic mass is 16.5. The summed E-state index contributed by atoms with van der Waals surface area (Å²) in [6.07, 6.45) is 2.82. The summed E-state index contributed by atoms with van der Waals surface area (Å²) >= 11 is 0. The van der Waals surface area contributed by atoms with Gasteiger partial charge < -0.3 is 14.8 Å². The Morgan fingerprint density at radius 2 is 1.96 bits per heavy atom. The number of ether oxygens (including phenoxy) is 2. The van der Waals surface area contributed by atoms with E-state index in [1.54, 1.807) is 25.1 Å². The lowest BCUT2D eigenvalue weighted by Gasteiger charge is -2.26. The molecule has 0 saturated heterocycles. The number of methoxy groups -OCH3 is 1. The average molecular weight is 385 g/mol. The Labute approximate surface area is 160 Å². The van der Waals surface area contributed by atoms with Crippen LogP contribution in [0.1, 0.15) is 33.2 Å². The summed E-state index contributed by atoms with van der Waals surface area (Å²) in [5.74, 6) is -3.05. The molecule has 0 saturated carbocycles. The Bertz CT molecular complexity index is 893. The lowest BCUT2D eigenvalue weighted by Crippen LogP contribution is -2.45. The second-order valence-electron chi connectivity index (χ2n) is 6.21. The smallest absolute Gasteiger partial charge is 0.357 e. The highest BCUT2D eigenvalue weighted by Crippen LogP contribution is 2.40. The van der Waals surface area contributed by atoms with E-state index >= 15 is 0 Å². The molecular formula is C19H19N3O6. The molecule has 0 fully saturated rings. The first-order valence-corrected chi connectivity index (χ1v) is 8.72. The molecule has 0 radical (unpaired) electrons. The van der Waals surface area contributed by atoms with Gasteiger partial charge in [-0.2, -0.15) is 0 Å². The van der Waals surface area contributed by atoms with Crippen molar-refractivity contribution < 1.29 is 28.7 Å². The molecule has 0 bridgehead atoms. The van der Waals surface area contributed by atoms with Crippen LogP contribution in [0.4, 0.5) is 0 Å². The normalized spacial score (nSPS) is 18.6. The van der Waals surface area contributed by atoms with E-state index in [9.17, 15) is 19.2 Å². The van der Waals surface area contributed by atoms with Gasteiger partial charge >= 0.3 is 11.9 Å². The molecule has 0 aromatic heterocycles. The minimum Gasteiger partial charge on any atom is -0.468 e. The molecule has 146 valence electrons. The number of carbonyl (C=O) groups is 4. The molecule has 28 heavy (non-hydrogen) atoms. The van der Waals surface area contributed by atoms with Crippen molar-refractivity contribution in [2.24, 2.45) is 15.9 Å². The highest BCUT2D eigenvalue weighted by Gasteiger charge is 2.54. The maximum atomic E-state index is 13.0. The summed E-state index contributed by atoms with van der Waals surface area (Å²) < 4.78 is 9.60. The van der Waals surface area contributed by atoms with Crippen molar-refractivity contribution in [3.05, 3.63) is 34.9 Å². The number of hydrogen-bond donors (Lipinski definition) is 1. The van der Waals surface area contributed by atoms with Crippen LogP contribution in [-0.2, 0) is 25.5 Å². The number of Topliss-reactive ketones (excluding diaryl/α,β-unsaturated/α-hetero) is 1. The quantitative estimate of drug-likeness (QED) is 0.705. The van der Waals surface area contributed by atoms with E-state index < -0.39 is 29.4 Å². The molecule has 1 atom stereocenters. The molecule has 3 rings (SSSR count). The first kappa shape index (κ1) is 19.4. The van der Waals surface area contributed by atoms with Crippen molar-refractivity contribution in [1.82, 2.24) is 5.32 Å². The zero-order chi connectivity index (χ0) is 20.3. The van der Waals surface area contributed by atoms with Gasteiger partial charge in [0, 0.05) is 23.6 Å². The van der Waals surface area contributed by atoms with E-state index in [1.807, 2.05) is 0 Å². The predicted octanol–water partition coefficient (Wildman–Crippen LogP) is 0.359. The summed E-state index contributed by atoms with van der Waals surface area (Å²) in [6, 6.07) is 4.72. The number of benzene rings is 1. The van der Waals surface area contributed by atoms with Gasteiger partial charge in [0.25, 0.3) is 11.6 Å². The summed E-state index contributed by atoms with van der Waals surface area (Å²) in [5, 5.41) is 2.46. The molecule has 0 spiro atoms. The fraction of sp³-hybridized carbons (Fsp3) is 0.368. The van der Waals surface area contributed by atoms with Gasteiger partial charge in [-0.1, -0.05) is 12.1 Å². The number of esters is 2. The molecule has 1 aromatic carbocycles. The maximum absolute atomic E-state index is 13.0. The number of amides is 1. The van der Waals surface area contributed by atoms with Gasteiger partial charge in [0.15, 0.2) is 5.78 Å². The van der Waals surface area contributed by atoms with Gasteiger partial charge in [0.1, 0.15) is 6.54 Å². The number of fused-ring (bicyclic) bond motifs is 1. The third kappa shape index (κ3) is 3.19. The van der Waals surface area contributed by atoms with E-state index in [2.05, 4.69) is 20.0 Å². The van der Waals surface area contributed by atoms with E-state index in [4.69, 9.17) is 4.74 Å². The van der Waals surface area contributed by atoms with Crippen LogP contribution in [0.5, 0.6) is 0 Å². The number of nitrogens with one attached hydrogen (secondary N) is 1. The molecule has 1 aliphatic carbocycles. The monoisotopic (exact) mass is 385 g/mol. The topological polar surface area (TPSA) is 123 Å². The lowest BCUT2D eigenvalue weighted by atomic mass is 9.89. The Hall–Kier alpha value is -3.36. The largest absolute Gasteiger partial charge is 0.468 e. The van der Waals surface area contributed by atoms with Crippen LogP contribution in [0.25, 0.3) is 0 Å². The van der Waals surface area contributed by atoms with Crippen LogP contribution in [-0.4, -0.2) is 62.0 Å². The molecule has 1 unspecified atom stereocenters. The Morgan fingerprint density at radius 1 is 1.25 bits per heavy atom. The Morgan fingerprint density at radius 3 is 2.61 bits per heavy atom. The molecule has 1 N–H and O–H groups in total. The molecule has 2 aliphatic rings. The van der Waals surface area contributed by atoms with Crippen LogP contribution in [0, 0.1) is 5.92 Å². The van der Waals surface area contributed by atoms with E-state index in [1.165, 1.54) is 19.5 Å². The minimum atomic E-state index is -1.67. The standard InChI is InChI=1S/C19H19N3O6/c1-3-28-18(26)19(21-7-8-22-19)14-9-13-11(16(14)24)5-4-6-12(13)17(25)20-10-15(23)27-2/h4-8,14H,3,9-10H2,1-2H3,(H,20,25). The number of nitrogens with zero attached hydrogens (tertiary/aromatic N) is 2. The van der Waals surface area contributed by atoms with E-state index in [0.29, 0.717) is 11.1 Å². The first-order chi connectivity index (χ1) is 13.4. The van der Waals surface area contributed by atoms with Crippen LogP contribution in [0.15, 0.2) is 28.2 Å². The lowest BCUT2D eigenvalue weighted by molar-refractivity contribution is -0.150. The number of hydrogen-bond acceptors (Lipinski definition) is 8. The Kier molecular flexibility index (Phi) is 5.34. The van der Waals surface area contributed by atoms with Crippen LogP contribution in [0.2, 0.25) is 0 Å². The summed E-state index contributed by atoms with van der Waals surface area (Å²) in [4.78, 5) is 57.6. The van der Waals surface area contributed by atoms with Crippen molar-refractivity contribution in [3.8, 4) is 0 Å². The van der Waals surface area contributed by atoms with E-state index in [0.717, 1.165) is 0 Å². The molecule has 9 heteroatoms. The molecular weight excluding hydrogens is 366 g/mol. The summed E-state index contributed by atoms with van der Waals surface area (Å²) in [6.45, 7) is 1.49. The molecule has 9 nitrogen and oxygen atoms in total. The number of carbonyl (C=O) groups excluding carboxylic acids is 4. The number of rotatable bonds is 6. The molecule has 1 aliphatic heterocycles. The fourth-order valence-corrected chi connectivity index (χ4v) is 3.37. The predicted molar refractivity (Wildman–Crippen MR) is 98.7 cm³/mol. The van der Waals surface area contributed by atoms with Crippen molar-refractivity contribution in [3.63, 3.8) is 0 Å². The first-order valence-electron chi connectivity index (χ1n) is 8.72. The van der Waals surface area contributed by atoms with Gasteiger partial charge in [-0.15, -0.1) is 0 Å². The third-order valence-corrected chi connectivity index (χ3v) is 4.70. The second kappa shape index (κ2) is 7.71. The van der Waals surface area contributed by atoms with Crippen molar-refractivity contribution in [1.29, 1.82) is 0 Å². The van der Waals surface area contributed by atoms with Gasteiger partial charge in [-0.25, -0.2) is 14.8 Å². The van der Waals surface area contributed by atoms with Crippen molar-refractivity contribution in [2.75, 3.05) is 20.3 Å². The highest BCUT2D eigenvalue weighted by molar-refractivity contribution is 6.20. The molecule has 1 aromatic rings. The Balaban J connectivity index is 1.92. The van der Waals surface area contributed by atoms with Crippen LogP contribution >= 0.6 is 0 Å². The third-order valence-electron chi connectivity index (χ3n) is 4.70. The van der Waals surface area contributed by atoms with Gasteiger partial charge in [-0.3, -0.25) is 14.4 Å². The van der Waals surface area contributed by atoms with Gasteiger partial charge in [-0.05, 0) is 25.0 Å². The molecule has 1 amide bonds. The maximum Gasteiger partial charge on any atom is 0.357 e. The minimum absolute atomic E-state index is 0.101. The number of ketones is 1. The van der Waals surface area contributed by atoms with Crippen molar-refractivity contribution in [2.45, 2.75) is 19.0 Å². The van der Waals surface area contributed by atoms with Crippen molar-refractivity contribution >= 4 is 36.1 Å². The van der Waals surface area contributed by atoms with Crippen LogP contribution in [0.3, 0.4) is 0 Å². The van der Waals surface area contributed by atoms with Gasteiger partial charge in [0.2, 0.25) is 0 Å². The van der Waals surface area contributed by atoms with E-state index in [-0.39, 0.29) is 30.9 Å². The average Bonchev–Trinajstić information content (AvgIpc) is 3.32. The zero-order valence-electron chi connectivity index (χ0n) is 15.4. The van der Waals surface area contributed by atoms with Gasteiger partial charge in [0.05, 0.1) is 19.6 Å². The van der Waals surface area contributed by atoms with Crippen LogP contribution < -0.4 is 5.32 Å². The second-order valence-corrected chi connectivity index (χ2v) is 6.21. The summed E-state index contributed by atoms with van der Waals surface area (Å²) in [5.41, 5.74) is -0.606.